The minimum Gasteiger partial charge on any atom is -0.463 e. The minimum absolute atomic E-state index is 0.115. The molecular weight excluding hydrogens is 504 g/mol. The summed E-state index contributed by atoms with van der Waals surface area (Å²) in [6, 6.07) is 0. The second kappa shape index (κ2) is 22.0. The van der Waals surface area contributed by atoms with Gasteiger partial charge in [-0.05, 0) is 39.5 Å². The summed E-state index contributed by atoms with van der Waals surface area (Å²) in [6.45, 7) is 7.18. The molecule has 1 aliphatic carbocycles. The van der Waals surface area contributed by atoms with E-state index < -0.39 is 24.3 Å². The molecule has 9 nitrogen and oxygen atoms in total. The van der Waals surface area contributed by atoms with Crippen LogP contribution in [0.1, 0.15) is 78.6 Å². The molecular formula is C30H52O9. The Labute approximate surface area is 234 Å². The number of methoxy groups -OCH3 is 1. The molecule has 0 amide bonds. The third kappa shape index (κ3) is 16.8. The summed E-state index contributed by atoms with van der Waals surface area (Å²) in [4.78, 5) is 24.2. The van der Waals surface area contributed by atoms with Crippen molar-refractivity contribution in [3.8, 4) is 0 Å². The van der Waals surface area contributed by atoms with Gasteiger partial charge in [-0.1, -0.05) is 50.5 Å². The fraction of sp³-hybridized carbons (Fsp3) is 0.800. The van der Waals surface area contributed by atoms with Crippen LogP contribution in [0.5, 0.6) is 0 Å². The molecule has 9 heteroatoms. The number of carbonyl (C=O) groups is 2. The summed E-state index contributed by atoms with van der Waals surface area (Å²) < 4.78 is 26.5. The van der Waals surface area contributed by atoms with Gasteiger partial charge in [-0.15, -0.1) is 0 Å². The maximum absolute atomic E-state index is 12.5. The van der Waals surface area contributed by atoms with Gasteiger partial charge in [0, 0.05) is 31.8 Å². The van der Waals surface area contributed by atoms with E-state index in [0.29, 0.717) is 51.9 Å². The van der Waals surface area contributed by atoms with Gasteiger partial charge in [0.1, 0.15) is 12.7 Å². The second-order valence-corrected chi connectivity index (χ2v) is 10.3. The Balaban J connectivity index is 2.66. The molecule has 2 N–H and O–H groups in total. The fourth-order valence-corrected chi connectivity index (χ4v) is 4.55. The third-order valence-electron chi connectivity index (χ3n) is 6.55. The van der Waals surface area contributed by atoms with Crippen molar-refractivity contribution in [3.05, 3.63) is 24.3 Å². The molecule has 1 rings (SSSR count). The highest BCUT2D eigenvalue weighted by Gasteiger charge is 2.42. The SMILES string of the molecule is CCCCC[C@H](O)/C=C/[C@@H]1[C@@H](C/C=C\CCCC(=O)OC(C)C)[C@@H](OC(=O)COCCOCCOC)C[C@H]1O. The third-order valence-corrected chi connectivity index (χ3v) is 6.55. The van der Waals surface area contributed by atoms with E-state index in [4.69, 9.17) is 23.7 Å². The van der Waals surface area contributed by atoms with Crippen molar-refractivity contribution in [3.63, 3.8) is 0 Å². The quantitative estimate of drug-likeness (QED) is 0.115. The van der Waals surface area contributed by atoms with Gasteiger partial charge in [-0.2, -0.15) is 0 Å². The van der Waals surface area contributed by atoms with Crippen LogP contribution < -0.4 is 0 Å². The van der Waals surface area contributed by atoms with Crippen LogP contribution in [0, 0.1) is 11.8 Å². The van der Waals surface area contributed by atoms with E-state index >= 15 is 0 Å². The number of rotatable bonds is 22. The number of hydrogen-bond acceptors (Lipinski definition) is 9. The predicted molar refractivity (Wildman–Crippen MR) is 149 cm³/mol. The molecule has 1 fully saturated rings. The Bertz CT molecular complexity index is 707. The molecule has 226 valence electrons. The molecule has 39 heavy (non-hydrogen) atoms. The number of ether oxygens (including phenoxy) is 5. The molecule has 0 aromatic carbocycles. The molecule has 1 aliphatic rings. The zero-order valence-electron chi connectivity index (χ0n) is 24.4. The number of aliphatic hydroxyl groups excluding tert-OH is 2. The van der Waals surface area contributed by atoms with Crippen LogP contribution in [0.4, 0.5) is 0 Å². The lowest BCUT2D eigenvalue weighted by Gasteiger charge is -2.23. The first kappa shape index (κ1) is 35.2. The fourth-order valence-electron chi connectivity index (χ4n) is 4.55. The summed E-state index contributed by atoms with van der Waals surface area (Å²) in [5.74, 6) is -1.06. The monoisotopic (exact) mass is 556 g/mol. The maximum Gasteiger partial charge on any atom is 0.332 e. The lowest BCUT2D eigenvalue weighted by atomic mass is 9.89. The Kier molecular flexibility index (Phi) is 19.9. The van der Waals surface area contributed by atoms with Crippen molar-refractivity contribution in [2.75, 3.05) is 40.1 Å². The lowest BCUT2D eigenvalue weighted by Crippen LogP contribution is -2.27. The summed E-state index contributed by atoms with van der Waals surface area (Å²) in [5.41, 5.74) is 0. The van der Waals surface area contributed by atoms with Crippen LogP contribution in [0.2, 0.25) is 0 Å². The standard InChI is InChI=1S/C30H52O9/c1-5-6-9-12-24(31)15-16-25-26(13-10-7-8-11-14-29(33)38-23(2)3)28(21-27(25)32)39-30(34)22-37-20-19-36-18-17-35-4/h7,10,15-16,23-28,31-32H,5-6,8-9,11-14,17-22H2,1-4H3/b10-7-,16-15+/t24-,25+,26+,27+,28-/m0/s1. The molecule has 1 saturated carbocycles. The largest absolute Gasteiger partial charge is 0.463 e. The van der Waals surface area contributed by atoms with Crippen molar-refractivity contribution < 1.29 is 43.5 Å². The van der Waals surface area contributed by atoms with Gasteiger partial charge in [0.2, 0.25) is 0 Å². The van der Waals surface area contributed by atoms with Crippen LogP contribution >= 0.6 is 0 Å². The normalized spacial score (nSPS) is 22.2. The van der Waals surface area contributed by atoms with Crippen molar-refractivity contribution in [1.29, 1.82) is 0 Å². The number of hydrogen-bond donors (Lipinski definition) is 2. The zero-order valence-corrected chi connectivity index (χ0v) is 24.4. The first-order valence-electron chi connectivity index (χ1n) is 14.5. The van der Waals surface area contributed by atoms with Gasteiger partial charge < -0.3 is 33.9 Å². The van der Waals surface area contributed by atoms with E-state index in [0.717, 1.165) is 25.7 Å². The average molecular weight is 557 g/mol. The molecule has 0 saturated heterocycles. The summed E-state index contributed by atoms with van der Waals surface area (Å²) in [5, 5.41) is 21.1. The predicted octanol–water partition coefficient (Wildman–Crippen LogP) is 4.14. The van der Waals surface area contributed by atoms with Crippen LogP contribution in [0.3, 0.4) is 0 Å². The van der Waals surface area contributed by atoms with E-state index in [1.165, 1.54) is 0 Å². The summed E-state index contributed by atoms with van der Waals surface area (Å²) in [6.07, 6.45) is 12.3. The summed E-state index contributed by atoms with van der Waals surface area (Å²) in [7, 11) is 1.60. The molecule has 0 aromatic rings. The van der Waals surface area contributed by atoms with Gasteiger partial charge in [-0.3, -0.25) is 4.79 Å². The zero-order chi connectivity index (χ0) is 28.9. The average Bonchev–Trinajstić information content (AvgIpc) is 3.17. The highest BCUT2D eigenvalue weighted by Crippen LogP contribution is 2.38. The maximum atomic E-state index is 12.5. The molecule has 0 aromatic heterocycles. The lowest BCUT2D eigenvalue weighted by molar-refractivity contribution is -0.157. The number of allylic oxidation sites excluding steroid dienone is 2. The Morgan fingerprint density at radius 3 is 2.46 bits per heavy atom. The van der Waals surface area contributed by atoms with Crippen LogP contribution in [-0.2, 0) is 33.3 Å². The van der Waals surface area contributed by atoms with E-state index in [1.807, 2.05) is 32.1 Å². The van der Waals surface area contributed by atoms with Gasteiger partial charge in [0.05, 0.1) is 44.7 Å². The van der Waals surface area contributed by atoms with Crippen LogP contribution in [0.15, 0.2) is 24.3 Å². The first-order chi connectivity index (χ1) is 18.8. The van der Waals surface area contributed by atoms with Crippen molar-refractivity contribution in [2.45, 2.75) is 103 Å². The second-order valence-electron chi connectivity index (χ2n) is 10.3. The molecule has 0 radical (unpaired) electrons. The molecule has 0 spiro atoms. The van der Waals surface area contributed by atoms with E-state index in [9.17, 15) is 19.8 Å². The highest BCUT2D eigenvalue weighted by atomic mass is 16.6. The van der Waals surface area contributed by atoms with Crippen molar-refractivity contribution >= 4 is 11.9 Å². The number of aliphatic hydroxyl groups is 2. The van der Waals surface area contributed by atoms with E-state index in [2.05, 4.69) is 6.92 Å². The Morgan fingerprint density at radius 1 is 1.00 bits per heavy atom. The molecule has 5 atom stereocenters. The number of esters is 2. The molecule has 0 bridgehead atoms. The number of carbonyl (C=O) groups excluding carboxylic acids is 2. The summed E-state index contributed by atoms with van der Waals surface area (Å²) >= 11 is 0. The van der Waals surface area contributed by atoms with Crippen LogP contribution in [0.25, 0.3) is 0 Å². The van der Waals surface area contributed by atoms with Gasteiger partial charge >= 0.3 is 11.9 Å². The van der Waals surface area contributed by atoms with Gasteiger partial charge in [0.25, 0.3) is 0 Å². The van der Waals surface area contributed by atoms with Crippen molar-refractivity contribution in [1.82, 2.24) is 0 Å². The minimum atomic E-state index is -0.679. The first-order valence-corrected chi connectivity index (χ1v) is 14.5. The van der Waals surface area contributed by atoms with Crippen molar-refractivity contribution in [2.24, 2.45) is 11.8 Å². The van der Waals surface area contributed by atoms with E-state index in [1.54, 1.807) is 13.2 Å². The van der Waals surface area contributed by atoms with Crippen LogP contribution in [-0.4, -0.2) is 86.7 Å². The molecule has 0 unspecified atom stereocenters. The van der Waals surface area contributed by atoms with E-state index in [-0.39, 0.29) is 37.1 Å². The molecule has 0 aliphatic heterocycles. The van der Waals surface area contributed by atoms with Gasteiger partial charge in [0.15, 0.2) is 0 Å². The number of unbranched alkanes of at least 4 members (excludes halogenated alkanes) is 3. The highest BCUT2D eigenvalue weighted by molar-refractivity contribution is 5.71. The smallest absolute Gasteiger partial charge is 0.332 e. The van der Waals surface area contributed by atoms with Gasteiger partial charge in [-0.25, -0.2) is 4.79 Å². The topological polar surface area (TPSA) is 121 Å². The Hall–Kier alpha value is -1.78. The molecule has 0 heterocycles. The Morgan fingerprint density at radius 2 is 1.74 bits per heavy atom.